The fourth-order valence-corrected chi connectivity index (χ4v) is 1.65. The van der Waals surface area contributed by atoms with E-state index in [2.05, 4.69) is 67.6 Å². The Labute approximate surface area is 94.1 Å². The largest absolute Gasteiger partial charge is 0.129 e. The first kappa shape index (κ1) is 11.8. The summed E-state index contributed by atoms with van der Waals surface area (Å²) >= 11 is 0. The molecule has 0 nitrogen and oxygen atoms in total. The molecule has 0 spiro atoms. The topological polar surface area (TPSA) is 0 Å². The molecule has 78 valence electrons. The number of rotatable bonds is 2. The maximum absolute atomic E-state index is 3.29. The van der Waals surface area contributed by atoms with Gasteiger partial charge in [0.1, 0.15) is 8.07 Å². The van der Waals surface area contributed by atoms with E-state index in [9.17, 15) is 0 Å². The Morgan fingerprint density at radius 2 is 1.73 bits per heavy atom. The Kier molecular flexibility index (Phi) is 4.39. The highest BCUT2D eigenvalue weighted by Crippen LogP contribution is 2.09. The van der Waals surface area contributed by atoms with Gasteiger partial charge in [-0.1, -0.05) is 68.1 Å². The quantitative estimate of drug-likeness (QED) is 0.373. The summed E-state index contributed by atoms with van der Waals surface area (Å²) in [6.45, 7) is 6.74. The van der Waals surface area contributed by atoms with Crippen molar-refractivity contribution in [1.29, 1.82) is 0 Å². The summed E-state index contributed by atoms with van der Waals surface area (Å²) in [5.41, 5.74) is 3.29. The molecule has 1 aliphatic carbocycles. The van der Waals surface area contributed by atoms with Crippen LogP contribution in [-0.2, 0) is 0 Å². The molecule has 0 saturated carbocycles. The van der Waals surface area contributed by atoms with E-state index in [0.29, 0.717) is 5.92 Å². The minimum atomic E-state index is -1.20. The fraction of sp³-hybridized carbons (Fsp3) is 0.286. The Bertz CT molecular complexity index is 352. The number of allylic oxidation sites excluding steroid dienone is 8. The Morgan fingerprint density at radius 3 is 2.33 bits per heavy atom. The first-order valence-electron chi connectivity index (χ1n) is 5.29. The van der Waals surface area contributed by atoms with Crippen LogP contribution in [0.4, 0.5) is 0 Å². The van der Waals surface area contributed by atoms with E-state index < -0.39 is 8.07 Å². The highest BCUT2D eigenvalue weighted by Gasteiger charge is 2.06. The third-order valence-electron chi connectivity index (χ3n) is 1.85. The van der Waals surface area contributed by atoms with Crippen molar-refractivity contribution in [2.75, 3.05) is 0 Å². The van der Waals surface area contributed by atoms with Crippen LogP contribution in [0.2, 0.25) is 19.6 Å². The first-order valence-corrected chi connectivity index (χ1v) is 8.79. The van der Waals surface area contributed by atoms with Crippen LogP contribution in [0.5, 0.6) is 0 Å². The van der Waals surface area contributed by atoms with Crippen molar-refractivity contribution in [1.82, 2.24) is 0 Å². The maximum atomic E-state index is 3.29. The van der Waals surface area contributed by atoms with Crippen molar-refractivity contribution in [3.05, 3.63) is 48.6 Å². The van der Waals surface area contributed by atoms with Gasteiger partial charge in [0.25, 0.3) is 0 Å². The summed E-state index contributed by atoms with van der Waals surface area (Å²) in [5.74, 6) is 3.57. The number of hydrogen-bond acceptors (Lipinski definition) is 0. The lowest BCUT2D eigenvalue weighted by Crippen LogP contribution is -2.16. The highest BCUT2D eigenvalue weighted by atomic mass is 28.3. The molecule has 0 N–H and O–H groups in total. The highest BCUT2D eigenvalue weighted by molar-refractivity contribution is 6.83. The Balaban J connectivity index is 2.35. The molecule has 0 aromatic carbocycles. The van der Waals surface area contributed by atoms with E-state index in [-0.39, 0.29) is 0 Å². The third kappa shape index (κ3) is 5.93. The van der Waals surface area contributed by atoms with Gasteiger partial charge in [-0.15, -0.1) is 5.54 Å². The molecule has 0 amide bonds. The molecular weight excluding hydrogens is 196 g/mol. The predicted molar refractivity (Wildman–Crippen MR) is 71.2 cm³/mol. The molecule has 0 fully saturated rings. The van der Waals surface area contributed by atoms with Gasteiger partial charge < -0.3 is 0 Å². The van der Waals surface area contributed by atoms with Crippen LogP contribution >= 0.6 is 0 Å². The van der Waals surface area contributed by atoms with Crippen LogP contribution < -0.4 is 0 Å². The van der Waals surface area contributed by atoms with Gasteiger partial charge in [-0.3, -0.25) is 0 Å². The zero-order valence-corrected chi connectivity index (χ0v) is 10.7. The normalized spacial score (nSPS) is 16.5. The van der Waals surface area contributed by atoms with Crippen LogP contribution in [0.15, 0.2) is 48.6 Å². The second-order valence-corrected chi connectivity index (χ2v) is 9.36. The van der Waals surface area contributed by atoms with Crippen molar-refractivity contribution in [2.24, 2.45) is 5.92 Å². The second-order valence-electron chi connectivity index (χ2n) is 4.61. The van der Waals surface area contributed by atoms with Gasteiger partial charge in [0.15, 0.2) is 0 Å². The van der Waals surface area contributed by atoms with Gasteiger partial charge >= 0.3 is 0 Å². The first-order chi connectivity index (χ1) is 7.08. The van der Waals surface area contributed by atoms with Crippen LogP contribution in [-0.4, -0.2) is 8.07 Å². The lowest BCUT2D eigenvalue weighted by Gasteiger charge is -2.01. The third-order valence-corrected chi connectivity index (χ3v) is 2.74. The van der Waals surface area contributed by atoms with E-state index >= 15 is 0 Å². The molecule has 0 aromatic heterocycles. The lowest BCUT2D eigenvalue weighted by molar-refractivity contribution is 1.09. The molecule has 1 heteroatoms. The van der Waals surface area contributed by atoms with E-state index in [1.54, 1.807) is 0 Å². The van der Waals surface area contributed by atoms with Gasteiger partial charge in [-0.2, -0.15) is 0 Å². The van der Waals surface area contributed by atoms with Crippen molar-refractivity contribution < 1.29 is 0 Å². The summed E-state index contributed by atoms with van der Waals surface area (Å²) in [7, 11) is -1.20. The zero-order valence-electron chi connectivity index (χ0n) is 9.70. The van der Waals surface area contributed by atoms with Gasteiger partial charge in [-0.25, -0.2) is 0 Å². The lowest BCUT2D eigenvalue weighted by atomic mass is 10.1. The average Bonchev–Trinajstić information content (AvgIpc) is 2.61. The molecule has 0 aromatic rings. The predicted octanol–water partition coefficient (Wildman–Crippen LogP) is 3.72. The summed E-state index contributed by atoms with van der Waals surface area (Å²) in [5, 5.41) is 0. The van der Waals surface area contributed by atoms with Gasteiger partial charge in [0.2, 0.25) is 0 Å². The molecule has 1 aliphatic rings. The van der Waals surface area contributed by atoms with Crippen molar-refractivity contribution in [2.45, 2.75) is 19.6 Å². The molecule has 0 aliphatic heterocycles. The number of hydrogen-bond donors (Lipinski definition) is 0. The Morgan fingerprint density at radius 1 is 1.07 bits per heavy atom. The molecule has 0 atom stereocenters. The van der Waals surface area contributed by atoms with E-state index in [1.807, 2.05) is 12.2 Å². The monoisotopic (exact) mass is 214 g/mol. The second kappa shape index (κ2) is 5.58. The van der Waals surface area contributed by atoms with Crippen molar-refractivity contribution >= 4 is 8.07 Å². The van der Waals surface area contributed by atoms with E-state index in [4.69, 9.17) is 0 Å². The van der Waals surface area contributed by atoms with Crippen molar-refractivity contribution in [3.63, 3.8) is 0 Å². The molecule has 0 bridgehead atoms. The zero-order chi connectivity index (χ0) is 11.1. The summed E-state index contributed by atoms with van der Waals surface area (Å²) in [6.07, 6.45) is 16.6. The van der Waals surface area contributed by atoms with Crippen molar-refractivity contribution in [3.8, 4) is 11.5 Å². The molecule has 1 rings (SSSR count). The minimum Gasteiger partial charge on any atom is -0.127 e. The molecule has 0 radical (unpaired) electrons. The summed E-state index contributed by atoms with van der Waals surface area (Å²) in [6, 6.07) is 0. The van der Waals surface area contributed by atoms with Gasteiger partial charge in [0, 0.05) is 5.92 Å². The smallest absolute Gasteiger partial charge is 0.127 e. The van der Waals surface area contributed by atoms with E-state index in [0.717, 1.165) is 0 Å². The fourth-order valence-electron chi connectivity index (χ4n) is 1.13. The van der Waals surface area contributed by atoms with Crippen LogP contribution in [0.3, 0.4) is 0 Å². The standard InChI is InChI=1S/C14H18Si/c1-15(2,3)13-9-5-4-6-10-14-11-7-8-12-14/h4-8,10-12,14H,1-3H3/b5-4+,10-6+. The van der Waals surface area contributed by atoms with Crippen LogP contribution in [0.25, 0.3) is 0 Å². The summed E-state index contributed by atoms with van der Waals surface area (Å²) < 4.78 is 0. The maximum Gasteiger partial charge on any atom is 0.129 e. The molecular formula is C14H18Si. The van der Waals surface area contributed by atoms with Crippen LogP contribution in [0.1, 0.15) is 0 Å². The molecule has 0 unspecified atom stereocenters. The average molecular weight is 214 g/mol. The van der Waals surface area contributed by atoms with E-state index in [1.165, 1.54) is 0 Å². The Hall–Kier alpha value is -1.26. The van der Waals surface area contributed by atoms with Gasteiger partial charge in [0.05, 0.1) is 0 Å². The minimum absolute atomic E-state index is 0.472. The molecule has 0 heterocycles. The van der Waals surface area contributed by atoms with Gasteiger partial charge in [-0.05, 0) is 6.08 Å². The summed E-state index contributed by atoms with van der Waals surface area (Å²) in [4.78, 5) is 0. The molecule has 0 saturated heterocycles. The molecule has 15 heavy (non-hydrogen) atoms. The van der Waals surface area contributed by atoms with Crippen LogP contribution in [0, 0.1) is 17.4 Å². The SMILES string of the molecule is C[Si](C)(C)C#C/C=C/C=C/C1C=CC=C1.